The van der Waals surface area contributed by atoms with Crippen molar-refractivity contribution in [2.45, 2.75) is 26.8 Å². The fourth-order valence-corrected chi connectivity index (χ4v) is 2.02. The zero-order chi connectivity index (χ0) is 16.8. The summed E-state index contributed by atoms with van der Waals surface area (Å²) < 4.78 is 0. The van der Waals surface area contributed by atoms with Crippen molar-refractivity contribution in [3.05, 3.63) is 47.7 Å². The molecule has 0 unspecified atom stereocenters. The van der Waals surface area contributed by atoms with Crippen LogP contribution in [-0.4, -0.2) is 34.6 Å². The summed E-state index contributed by atoms with van der Waals surface area (Å²) in [4.78, 5) is 23.8. The molecule has 2 rings (SSSR count). The molecule has 0 aliphatic rings. The lowest BCUT2D eigenvalue weighted by molar-refractivity contribution is -0.122. The molecule has 1 atom stereocenters. The highest BCUT2D eigenvalue weighted by Gasteiger charge is 2.15. The third-order valence-corrected chi connectivity index (χ3v) is 3.33. The predicted molar refractivity (Wildman–Crippen MR) is 87.8 cm³/mol. The fraction of sp³-hybridized carbons (Fsp3) is 0.294. The van der Waals surface area contributed by atoms with Crippen molar-refractivity contribution in [1.29, 1.82) is 0 Å². The van der Waals surface area contributed by atoms with Gasteiger partial charge in [0.15, 0.2) is 0 Å². The minimum absolute atomic E-state index is 0.201. The van der Waals surface area contributed by atoms with Gasteiger partial charge in [0.2, 0.25) is 5.91 Å². The molecule has 0 spiro atoms. The molecule has 1 aromatic heterocycles. The predicted octanol–water partition coefficient (Wildman–Crippen LogP) is 1.71. The van der Waals surface area contributed by atoms with Crippen molar-refractivity contribution in [2.24, 2.45) is 0 Å². The molecule has 0 saturated carbocycles. The molecule has 0 aliphatic carbocycles. The van der Waals surface area contributed by atoms with Crippen molar-refractivity contribution in [1.82, 2.24) is 20.8 Å². The second-order valence-corrected chi connectivity index (χ2v) is 5.23. The number of nitrogens with zero attached hydrogens (tertiary/aromatic N) is 2. The summed E-state index contributed by atoms with van der Waals surface area (Å²) in [6.45, 7) is 5.89. The monoisotopic (exact) mass is 312 g/mol. The van der Waals surface area contributed by atoms with Gasteiger partial charge in [-0.2, -0.15) is 10.2 Å². The van der Waals surface area contributed by atoms with Gasteiger partial charge >= 0.3 is 0 Å². The van der Waals surface area contributed by atoms with Crippen molar-refractivity contribution >= 4 is 11.8 Å². The summed E-state index contributed by atoms with van der Waals surface area (Å²) in [5.41, 5.74) is 2.97. The van der Waals surface area contributed by atoms with Gasteiger partial charge in [0.05, 0.1) is 11.4 Å². The van der Waals surface area contributed by atoms with Crippen molar-refractivity contribution in [3.63, 3.8) is 0 Å². The third kappa shape index (κ3) is 4.35. The summed E-state index contributed by atoms with van der Waals surface area (Å²) in [6.07, 6.45) is 0. The van der Waals surface area contributed by atoms with Crippen LogP contribution in [0.15, 0.2) is 36.4 Å². The van der Waals surface area contributed by atoms with Crippen LogP contribution >= 0.6 is 0 Å². The number of carbonyl (C=O) groups is 2. The molecule has 0 bridgehead atoms. The van der Waals surface area contributed by atoms with Gasteiger partial charge in [-0.15, -0.1) is 0 Å². The van der Waals surface area contributed by atoms with Crippen LogP contribution in [-0.2, 0) is 4.79 Å². The topological polar surface area (TPSA) is 84.0 Å². The average Bonchev–Trinajstić information content (AvgIpc) is 2.56. The molecule has 2 N–H and O–H groups in total. The molecule has 120 valence electrons. The first-order valence-electron chi connectivity index (χ1n) is 7.50. The number of rotatable bonds is 5. The van der Waals surface area contributed by atoms with E-state index in [-0.39, 0.29) is 11.8 Å². The lowest BCUT2D eigenvalue weighted by Crippen LogP contribution is -2.44. The molecule has 6 nitrogen and oxygen atoms in total. The molecule has 0 saturated heterocycles. The smallest absolute Gasteiger partial charge is 0.251 e. The molecule has 0 fully saturated rings. The molecular formula is C17H20N4O2. The van der Waals surface area contributed by atoms with E-state index in [2.05, 4.69) is 20.8 Å². The van der Waals surface area contributed by atoms with Crippen LogP contribution in [0.1, 0.15) is 29.9 Å². The minimum Gasteiger partial charge on any atom is -0.355 e. The number of carbonyl (C=O) groups excluding carboxylic acids is 2. The van der Waals surface area contributed by atoms with E-state index in [9.17, 15) is 9.59 Å². The molecule has 2 aromatic rings. The van der Waals surface area contributed by atoms with Gasteiger partial charge in [0, 0.05) is 17.7 Å². The molecule has 0 radical (unpaired) electrons. The Morgan fingerprint density at radius 3 is 2.35 bits per heavy atom. The molecule has 2 amide bonds. The van der Waals surface area contributed by atoms with Crippen LogP contribution in [0.2, 0.25) is 0 Å². The van der Waals surface area contributed by atoms with Crippen molar-refractivity contribution < 1.29 is 9.59 Å². The molecule has 6 heteroatoms. The summed E-state index contributed by atoms with van der Waals surface area (Å²) in [6, 6.07) is 10.2. The number of aryl methyl sites for hydroxylation is 1. The number of nitrogens with one attached hydrogen (secondary N) is 2. The lowest BCUT2D eigenvalue weighted by Gasteiger charge is -2.13. The van der Waals surface area contributed by atoms with E-state index in [1.165, 1.54) is 0 Å². The van der Waals surface area contributed by atoms with Crippen LogP contribution in [0.5, 0.6) is 0 Å². The highest BCUT2D eigenvalue weighted by Crippen LogP contribution is 2.16. The number of likely N-dealkylation sites (N-methyl/N-ethyl adjacent to an activating group) is 1. The van der Waals surface area contributed by atoms with E-state index >= 15 is 0 Å². The second-order valence-electron chi connectivity index (χ2n) is 5.23. The largest absolute Gasteiger partial charge is 0.355 e. The zero-order valence-electron chi connectivity index (χ0n) is 13.5. The Morgan fingerprint density at radius 2 is 1.78 bits per heavy atom. The van der Waals surface area contributed by atoms with Gasteiger partial charge in [0.25, 0.3) is 5.91 Å². The van der Waals surface area contributed by atoms with E-state index in [4.69, 9.17) is 0 Å². The quantitative estimate of drug-likeness (QED) is 0.880. The maximum absolute atomic E-state index is 12.1. The highest BCUT2D eigenvalue weighted by molar-refractivity contribution is 5.97. The molecular weight excluding hydrogens is 292 g/mol. The van der Waals surface area contributed by atoms with Crippen LogP contribution in [0.3, 0.4) is 0 Å². The van der Waals surface area contributed by atoms with Gasteiger partial charge in [-0.3, -0.25) is 9.59 Å². The number of benzene rings is 1. The Bertz CT molecular complexity index is 681. The summed E-state index contributed by atoms with van der Waals surface area (Å²) in [5, 5.41) is 13.5. The maximum Gasteiger partial charge on any atom is 0.251 e. The first-order valence-corrected chi connectivity index (χ1v) is 7.50. The van der Waals surface area contributed by atoms with E-state index < -0.39 is 6.04 Å². The molecule has 1 heterocycles. The molecule has 0 aliphatic heterocycles. The van der Waals surface area contributed by atoms with Crippen LogP contribution < -0.4 is 10.6 Å². The molecule has 1 aromatic carbocycles. The third-order valence-electron chi connectivity index (χ3n) is 3.33. The first-order chi connectivity index (χ1) is 11.0. The van der Waals surface area contributed by atoms with Gasteiger partial charge in [0.1, 0.15) is 6.04 Å². The summed E-state index contributed by atoms with van der Waals surface area (Å²) in [5.74, 6) is -0.488. The first kappa shape index (κ1) is 16.6. The van der Waals surface area contributed by atoms with E-state index in [1.807, 2.05) is 38.1 Å². The van der Waals surface area contributed by atoms with Gasteiger partial charge in [-0.25, -0.2) is 0 Å². The Hall–Kier alpha value is -2.76. The zero-order valence-corrected chi connectivity index (χ0v) is 13.5. The van der Waals surface area contributed by atoms with Crippen molar-refractivity contribution in [3.8, 4) is 11.3 Å². The van der Waals surface area contributed by atoms with Gasteiger partial charge in [-0.05, 0) is 45.0 Å². The van der Waals surface area contributed by atoms with Gasteiger partial charge in [-0.1, -0.05) is 12.1 Å². The normalized spacial score (nSPS) is 11.6. The van der Waals surface area contributed by atoms with E-state index in [0.717, 1.165) is 17.0 Å². The van der Waals surface area contributed by atoms with Crippen molar-refractivity contribution in [2.75, 3.05) is 6.54 Å². The number of hydrogen-bond donors (Lipinski definition) is 2. The maximum atomic E-state index is 12.1. The SMILES string of the molecule is CCNC(=O)[C@H](C)NC(=O)c1ccc(-c2ccc(C)nn2)cc1. The van der Waals surface area contributed by atoms with Crippen LogP contribution in [0.4, 0.5) is 0 Å². The highest BCUT2D eigenvalue weighted by atomic mass is 16.2. The fourth-order valence-electron chi connectivity index (χ4n) is 2.02. The summed E-state index contributed by atoms with van der Waals surface area (Å²) in [7, 11) is 0. The summed E-state index contributed by atoms with van der Waals surface area (Å²) >= 11 is 0. The Kier molecular flexibility index (Phi) is 5.41. The lowest BCUT2D eigenvalue weighted by atomic mass is 10.1. The van der Waals surface area contributed by atoms with Crippen LogP contribution in [0.25, 0.3) is 11.3 Å². The Labute approximate surface area is 135 Å². The second kappa shape index (κ2) is 7.49. The minimum atomic E-state index is -0.579. The van der Waals surface area contributed by atoms with Crippen LogP contribution in [0, 0.1) is 6.92 Å². The Morgan fingerprint density at radius 1 is 1.09 bits per heavy atom. The number of amides is 2. The molecule has 23 heavy (non-hydrogen) atoms. The van der Waals surface area contributed by atoms with E-state index in [1.54, 1.807) is 19.1 Å². The standard InChI is InChI=1S/C17H20N4O2/c1-4-18-16(22)12(3)19-17(23)14-8-6-13(7-9-14)15-10-5-11(2)20-21-15/h5-10,12H,4H2,1-3H3,(H,18,22)(H,19,23)/t12-/m0/s1. The Balaban J connectivity index is 2.05. The van der Waals surface area contributed by atoms with Gasteiger partial charge < -0.3 is 10.6 Å². The van der Waals surface area contributed by atoms with E-state index in [0.29, 0.717) is 12.1 Å². The number of aromatic nitrogens is 2. The number of hydrogen-bond acceptors (Lipinski definition) is 4. The average molecular weight is 312 g/mol.